The molecule has 2 aliphatic rings. The van der Waals surface area contributed by atoms with Crippen molar-refractivity contribution in [2.24, 2.45) is 0 Å². The largest absolute Gasteiger partial charge is 0.497 e. The van der Waals surface area contributed by atoms with Crippen LogP contribution in [-0.4, -0.2) is 82.7 Å². The van der Waals surface area contributed by atoms with E-state index in [4.69, 9.17) is 18.9 Å². The quantitative estimate of drug-likeness (QED) is 0.143. The molecule has 2 bridgehead atoms. The van der Waals surface area contributed by atoms with Crippen molar-refractivity contribution in [1.82, 2.24) is 19.8 Å². The number of hydrogen-bond donors (Lipinski definition) is 3. The number of aliphatic hydroxyl groups excluding tert-OH is 1. The van der Waals surface area contributed by atoms with Crippen molar-refractivity contribution in [3.8, 4) is 33.8 Å². The molecule has 290 valence electrons. The number of rotatable bonds is 12. The minimum Gasteiger partial charge on any atom is -0.497 e. The highest BCUT2D eigenvalue weighted by Gasteiger charge is 2.65. The Labute approximate surface area is 324 Å². The number of carbonyl (C=O) groups excluding carboxylic acids is 2. The molecule has 0 saturated carbocycles. The lowest BCUT2D eigenvalue weighted by Crippen LogP contribution is -2.54. The Balaban J connectivity index is 1.18. The molecule has 3 heterocycles. The van der Waals surface area contributed by atoms with Gasteiger partial charge in [0.2, 0.25) is 0 Å². The average molecular weight is 760 g/mol. The highest BCUT2D eigenvalue weighted by molar-refractivity contribution is 6.04. The SMILES string of the molecule is COc1ccc(-c2cccc(COC[C@@]34CN(C(=O)NC(C)C)[C@@H]([C@H](n5cc(C)c(NC(=O)c6ccccc6)nc5=O)O3)[C@@H]4O)c2-c2ccc(OC)cc2)cc1. The highest BCUT2D eigenvalue weighted by atomic mass is 16.6. The molecule has 2 saturated heterocycles. The number of aromatic nitrogens is 2. The molecule has 4 atom stereocenters. The van der Waals surface area contributed by atoms with Crippen LogP contribution < -0.4 is 25.8 Å². The Kier molecular flexibility index (Phi) is 10.9. The molecule has 13 heteroatoms. The molecule has 56 heavy (non-hydrogen) atoms. The number of benzene rings is 4. The Hall–Kier alpha value is -6.02. The standard InChI is InChI=1S/C43H45N5O8/c1-26(2)44-41(51)48-24-43(37(49)36(48)40(56-43)47-22-27(3)38(46-42(47)52)45-39(50)30-10-7-6-8-11-30)25-55-23-31-12-9-13-34(28-14-18-32(53-4)19-15-28)35(31)29-16-20-33(54-5)21-17-29/h6-22,26,36-37,40,49H,23-25H2,1-5H3,(H,44,51)(H,45,46,50,52)/t36-,37+,40-,43-/m1/s1. The van der Waals surface area contributed by atoms with Gasteiger partial charge in [-0.2, -0.15) is 4.98 Å². The molecule has 3 N–H and O–H groups in total. The van der Waals surface area contributed by atoms with E-state index in [0.717, 1.165) is 39.3 Å². The van der Waals surface area contributed by atoms with E-state index in [9.17, 15) is 19.5 Å². The molecule has 0 unspecified atom stereocenters. The minimum atomic E-state index is -1.37. The zero-order valence-corrected chi connectivity index (χ0v) is 31.9. The van der Waals surface area contributed by atoms with Gasteiger partial charge in [0, 0.05) is 23.4 Å². The topological polar surface area (TPSA) is 153 Å². The van der Waals surface area contributed by atoms with Gasteiger partial charge in [0.05, 0.1) is 34.0 Å². The van der Waals surface area contributed by atoms with Crippen molar-refractivity contribution in [2.45, 2.75) is 57.4 Å². The summed E-state index contributed by atoms with van der Waals surface area (Å²) in [4.78, 5) is 45.7. The van der Waals surface area contributed by atoms with Crippen molar-refractivity contribution in [1.29, 1.82) is 0 Å². The molecule has 2 aliphatic heterocycles. The smallest absolute Gasteiger partial charge is 0.351 e. The molecule has 5 aromatic rings. The molecular formula is C43H45N5O8. The van der Waals surface area contributed by atoms with Crippen molar-refractivity contribution >= 4 is 17.8 Å². The van der Waals surface area contributed by atoms with Gasteiger partial charge in [-0.1, -0.05) is 60.7 Å². The number of likely N-dealkylation sites (tertiary alicyclic amines) is 1. The summed E-state index contributed by atoms with van der Waals surface area (Å²) >= 11 is 0. The zero-order chi connectivity index (χ0) is 39.6. The van der Waals surface area contributed by atoms with E-state index in [0.29, 0.717) is 11.1 Å². The maximum atomic E-state index is 13.6. The van der Waals surface area contributed by atoms with Gasteiger partial charge in [0.15, 0.2) is 6.23 Å². The van der Waals surface area contributed by atoms with E-state index in [1.807, 2.05) is 74.5 Å². The first kappa shape index (κ1) is 38.3. The van der Waals surface area contributed by atoms with Crippen LogP contribution in [0, 0.1) is 6.92 Å². The lowest BCUT2D eigenvalue weighted by Gasteiger charge is -2.37. The van der Waals surface area contributed by atoms with Gasteiger partial charge in [-0.25, -0.2) is 9.59 Å². The van der Waals surface area contributed by atoms with Gasteiger partial charge in [0.1, 0.15) is 35.1 Å². The average Bonchev–Trinajstić information content (AvgIpc) is 3.65. The maximum absolute atomic E-state index is 13.6. The second kappa shape index (κ2) is 16.0. The molecule has 3 amide bonds. The second-order valence-electron chi connectivity index (χ2n) is 14.3. The van der Waals surface area contributed by atoms with Gasteiger partial charge in [-0.15, -0.1) is 0 Å². The number of urea groups is 1. The summed E-state index contributed by atoms with van der Waals surface area (Å²) in [6, 6.07) is 28.7. The van der Waals surface area contributed by atoms with Crippen LogP contribution in [0.5, 0.6) is 11.5 Å². The van der Waals surface area contributed by atoms with E-state index in [1.54, 1.807) is 51.5 Å². The number of nitrogens with zero attached hydrogens (tertiary/aromatic N) is 3. The lowest BCUT2D eigenvalue weighted by atomic mass is 9.90. The monoisotopic (exact) mass is 759 g/mol. The van der Waals surface area contributed by atoms with Crippen LogP contribution in [0.4, 0.5) is 10.6 Å². The Morgan fingerprint density at radius 1 is 0.929 bits per heavy atom. The van der Waals surface area contributed by atoms with Gasteiger partial charge < -0.3 is 39.6 Å². The summed E-state index contributed by atoms with van der Waals surface area (Å²) in [5.74, 6) is 1.16. The van der Waals surface area contributed by atoms with Crippen LogP contribution in [-0.2, 0) is 16.1 Å². The van der Waals surface area contributed by atoms with E-state index < -0.39 is 41.6 Å². The fraction of sp³-hybridized carbons (Fsp3) is 0.302. The number of hydrogen-bond acceptors (Lipinski definition) is 9. The third kappa shape index (κ3) is 7.48. The van der Waals surface area contributed by atoms with Crippen LogP contribution in [0.2, 0.25) is 0 Å². The molecular weight excluding hydrogens is 715 g/mol. The fourth-order valence-corrected chi connectivity index (χ4v) is 7.43. The predicted octanol–water partition coefficient (Wildman–Crippen LogP) is 5.80. The summed E-state index contributed by atoms with van der Waals surface area (Å²) in [5, 5.41) is 17.5. The molecule has 2 fully saturated rings. The first-order chi connectivity index (χ1) is 27.0. The van der Waals surface area contributed by atoms with Crippen molar-refractivity contribution in [2.75, 3.05) is 32.7 Å². The van der Waals surface area contributed by atoms with Crippen LogP contribution in [0.3, 0.4) is 0 Å². The molecule has 13 nitrogen and oxygen atoms in total. The number of carbonyl (C=O) groups is 2. The first-order valence-corrected chi connectivity index (χ1v) is 18.4. The summed E-state index contributed by atoms with van der Waals surface area (Å²) < 4.78 is 25.1. The summed E-state index contributed by atoms with van der Waals surface area (Å²) in [6.45, 7) is 5.47. The van der Waals surface area contributed by atoms with Gasteiger partial charge in [-0.3, -0.25) is 9.36 Å². The van der Waals surface area contributed by atoms with Crippen molar-refractivity contribution in [3.05, 3.63) is 130 Å². The zero-order valence-electron chi connectivity index (χ0n) is 31.9. The number of anilines is 1. The van der Waals surface area contributed by atoms with E-state index in [-0.39, 0.29) is 31.6 Å². The number of methoxy groups -OCH3 is 2. The number of aryl methyl sites for hydroxylation is 1. The summed E-state index contributed by atoms with van der Waals surface area (Å²) in [5.41, 5.74) is 3.58. The number of amides is 3. The molecule has 7 rings (SSSR count). The van der Waals surface area contributed by atoms with Crippen molar-refractivity contribution in [3.63, 3.8) is 0 Å². The van der Waals surface area contributed by atoms with E-state index >= 15 is 0 Å². The Morgan fingerprint density at radius 3 is 2.23 bits per heavy atom. The van der Waals surface area contributed by atoms with Crippen LogP contribution >= 0.6 is 0 Å². The first-order valence-electron chi connectivity index (χ1n) is 18.4. The number of nitrogens with one attached hydrogen (secondary N) is 2. The number of fused-ring (bicyclic) bond motifs is 2. The van der Waals surface area contributed by atoms with Gasteiger partial charge in [-0.05, 0) is 85.0 Å². The van der Waals surface area contributed by atoms with E-state index in [1.165, 1.54) is 15.7 Å². The molecule has 1 aromatic heterocycles. The highest BCUT2D eigenvalue weighted by Crippen LogP contribution is 2.47. The third-order valence-electron chi connectivity index (χ3n) is 10.2. The molecule has 4 aromatic carbocycles. The normalized spacial score (nSPS) is 19.9. The van der Waals surface area contributed by atoms with Crippen LogP contribution in [0.15, 0.2) is 108 Å². The Bertz CT molecular complexity index is 2260. The molecule has 0 aliphatic carbocycles. The summed E-state index contributed by atoms with van der Waals surface area (Å²) in [7, 11) is 3.26. The van der Waals surface area contributed by atoms with Crippen molar-refractivity contribution < 1.29 is 33.6 Å². The maximum Gasteiger partial charge on any atom is 0.351 e. The van der Waals surface area contributed by atoms with Gasteiger partial charge >= 0.3 is 11.7 Å². The molecule has 0 spiro atoms. The molecule has 0 radical (unpaired) electrons. The third-order valence-corrected chi connectivity index (χ3v) is 10.2. The fourth-order valence-electron chi connectivity index (χ4n) is 7.43. The number of aliphatic hydroxyl groups is 1. The minimum absolute atomic E-state index is 0.0253. The summed E-state index contributed by atoms with van der Waals surface area (Å²) in [6.07, 6.45) is -0.778. The van der Waals surface area contributed by atoms with Gasteiger partial charge in [0.25, 0.3) is 5.91 Å². The van der Waals surface area contributed by atoms with Crippen LogP contribution in [0.1, 0.15) is 41.6 Å². The Morgan fingerprint density at radius 2 is 1.59 bits per heavy atom. The van der Waals surface area contributed by atoms with Crippen LogP contribution in [0.25, 0.3) is 22.3 Å². The number of ether oxygens (including phenoxy) is 4. The predicted molar refractivity (Wildman–Crippen MR) is 211 cm³/mol. The van der Waals surface area contributed by atoms with E-state index in [2.05, 4.69) is 21.7 Å². The second-order valence-corrected chi connectivity index (χ2v) is 14.3. The lowest BCUT2D eigenvalue weighted by molar-refractivity contribution is -0.160. The number of morpholine rings is 1.